The minimum atomic E-state index is -0.914. The van der Waals surface area contributed by atoms with E-state index in [1.54, 1.807) is 0 Å². The summed E-state index contributed by atoms with van der Waals surface area (Å²) >= 11 is 0. The number of amides is 1. The van der Waals surface area contributed by atoms with Gasteiger partial charge in [0, 0.05) is 26.2 Å². The van der Waals surface area contributed by atoms with Crippen molar-refractivity contribution in [2.45, 2.75) is 25.3 Å². The maximum absolute atomic E-state index is 11.7. The van der Waals surface area contributed by atoms with Crippen molar-refractivity contribution in [2.75, 3.05) is 39.3 Å². The van der Waals surface area contributed by atoms with Crippen LogP contribution in [-0.2, 0) is 9.59 Å². The second-order valence-corrected chi connectivity index (χ2v) is 4.99. The fourth-order valence-electron chi connectivity index (χ4n) is 2.69. The smallest absolute Gasteiger partial charge is 0.305 e. The van der Waals surface area contributed by atoms with E-state index in [9.17, 15) is 9.59 Å². The first-order chi connectivity index (χ1) is 8.66. The van der Waals surface area contributed by atoms with Gasteiger partial charge in [0.15, 0.2) is 0 Å². The molecule has 2 aliphatic rings. The number of piperazine rings is 1. The third-order valence-electron chi connectivity index (χ3n) is 3.71. The number of carboxylic acids is 1. The molecule has 0 aromatic carbocycles. The zero-order chi connectivity index (χ0) is 13.0. The van der Waals surface area contributed by atoms with Gasteiger partial charge in [-0.15, -0.1) is 0 Å². The maximum Gasteiger partial charge on any atom is 0.305 e. The average molecular weight is 255 g/mol. The lowest BCUT2D eigenvalue weighted by molar-refractivity contribution is -0.143. The van der Waals surface area contributed by atoms with Crippen LogP contribution in [0.3, 0.4) is 0 Å². The van der Waals surface area contributed by atoms with E-state index in [0.717, 1.165) is 32.7 Å². The Morgan fingerprint density at radius 3 is 2.67 bits per heavy atom. The summed E-state index contributed by atoms with van der Waals surface area (Å²) in [6, 6.07) is -0.501. The van der Waals surface area contributed by atoms with E-state index in [2.05, 4.69) is 10.2 Å². The third kappa shape index (κ3) is 3.43. The number of aliphatic carboxylic acids is 1. The second kappa shape index (κ2) is 6.15. The number of carbonyl (C=O) groups is 2. The summed E-state index contributed by atoms with van der Waals surface area (Å²) in [6.07, 6.45) is 2.39. The van der Waals surface area contributed by atoms with Crippen molar-refractivity contribution in [1.29, 1.82) is 0 Å². The maximum atomic E-state index is 11.7. The van der Waals surface area contributed by atoms with Crippen LogP contribution in [0.4, 0.5) is 0 Å². The molecule has 1 unspecified atom stereocenters. The molecule has 0 spiro atoms. The van der Waals surface area contributed by atoms with Crippen molar-refractivity contribution in [3.05, 3.63) is 0 Å². The van der Waals surface area contributed by atoms with E-state index in [-0.39, 0.29) is 12.3 Å². The monoisotopic (exact) mass is 255 g/mol. The van der Waals surface area contributed by atoms with Crippen molar-refractivity contribution >= 4 is 11.9 Å². The van der Waals surface area contributed by atoms with E-state index in [4.69, 9.17) is 5.11 Å². The number of hydrogen-bond acceptors (Lipinski definition) is 4. The van der Waals surface area contributed by atoms with Crippen molar-refractivity contribution in [3.8, 4) is 0 Å². The van der Waals surface area contributed by atoms with Crippen LogP contribution in [0.5, 0.6) is 0 Å². The summed E-state index contributed by atoms with van der Waals surface area (Å²) in [6.45, 7) is 5.34. The Morgan fingerprint density at radius 2 is 2.00 bits per heavy atom. The largest absolute Gasteiger partial charge is 0.481 e. The first-order valence-electron chi connectivity index (χ1n) is 6.63. The van der Waals surface area contributed by atoms with E-state index >= 15 is 0 Å². The van der Waals surface area contributed by atoms with Gasteiger partial charge in [0.25, 0.3) is 0 Å². The predicted molar refractivity (Wildman–Crippen MR) is 66.3 cm³/mol. The fourth-order valence-corrected chi connectivity index (χ4v) is 2.69. The SMILES string of the molecule is O=C(O)CC1C(=O)NCCN1CCN1CCCC1. The minimum absolute atomic E-state index is 0.105. The molecule has 2 saturated heterocycles. The number of nitrogens with one attached hydrogen (secondary N) is 1. The van der Waals surface area contributed by atoms with E-state index in [1.165, 1.54) is 12.8 Å². The molecule has 0 aromatic heterocycles. The normalized spacial score (nSPS) is 26.2. The molecule has 0 aliphatic carbocycles. The van der Waals surface area contributed by atoms with Gasteiger partial charge in [-0.3, -0.25) is 14.5 Å². The molecule has 1 amide bonds. The Balaban J connectivity index is 1.86. The standard InChI is InChI=1S/C12H21N3O3/c16-11(17)9-10-12(18)13-3-6-15(10)8-7-14-4-1-2-5-14/h10H,1-9H2,(H,13,18)(H,16,17). The molecule has 0 saturated carbocycles. The van der Waals surface area contributed by atoms with Gasteiger partial charge in [-0.2, -0.15) is 0 Å². The lowest BCUT2D eigenvalue weighted by atomic mass is 10.1. The molecular formula is C12H21N3O3. The summed E-state index contributed by atoms with van der Waals surface area (Å²) in [5.74, 6) is -1.06. The van der Waals surface area contributed by atoms with Crippen LogP contribution in [0.15, 0.2) is 0 Å². The molecule has 2 rings (SSSR count). The van der Waals surface area contributed by atoms with Gasteiger partial charge in [-0.25, -0.2) is 0 Å². The van der Waals surface area contributed by atoms with Gasteiger partial charge in [0.1, 0.15) is 0 Å². The zero-order valence-electron chi connectivity index (χ0n) is 10.6. The zero-order valence-corrected chi connectivity index (χ0v) is 10.6. The topological polar surface area (TPSA) is 72.9 Å². The summed E-state index contributed by atoms with van der Waals surface area (Å²) < 4.78 is 0. The Labute approximate surface area is 107 Å². The lowest BCUT2D eigenvalue weighted by Gasteiger charge is -2.35. The molecule has 0 aromatic rings. The Morgan fingerprint density at radius 1 is 1.28 bits per heavy atom. The molecular weight excluding hydrogens is 234 g/mol. The van der Waals surface area contributed by atoms with E-state index < -0.39 is 12.0 Å². The Kier molecular flexibility index (Phi) is 4.54. The molecule has 2 N–H and O–H groups in total. The van der Waals surface area contributed by atoms with Crippen molar-refractivity contribution < 1.29 is 14.7 Å². The predicted octanol–water partition coefficient (Wildman–Crippen LogP) is -0.643. The number of carboxylic acid groups (broad SMARTS) is 1. The number of rotatable bonds is 5. The molecule has 2 aliphatic heterocycles. The van der Waals surface area contributed by atoms with Crippen molar-refractivity contribution in [1.82, 2.24) is 15.1 Å². The van der Waals surface area contributed by atoms with Gasteiger partial charge in [0.2, 0.25) is 5.91 Å². The van der Waals surface area contributed by atoms with Crippen molar-refractivity contribution in [2.24, 2.45) is 0 Å². The molecule has 2 fully saturated rings. The molecule has 6 heteroatoms. The van der Waals surface area contributed by atoms with Crippen LogP contribution in [0, 0.1) is 0 Å². The summed E-state index contributed by atoms with van der Waals surface area (Å²) in [5, 5.41) is 11.6. The van der Waals surface area contributed by atoms with Crippen LogP contribution >= 0.6 is 0 Å². The molecule has 102 valence electrons. The second-order valence-electron chi connectivity index (χ2n) is 4.99. The highest BCUT2D eigenvalue weighted by Gasteiger charge is 2.31. The number of carbonyl (C=O) groups excluding carboxylic acids is 1. The molecule has 1 atom stereocenters. The fraction of sp³-hybridized carbons (Fsp3) is 0.833. The van der Waals surface area contributed by atoms with Gasteiger partial charge < -0.3 is 15.3 Å². The van der Waals surface area contributed by atoms with Crippen LogP contribution in [0.1, 0.15) is 19.3 Å². The highest BCUT2D eigenvalue weighted by molar-refractivity contribution is 5.86. The first kappa shape index (κ1) is 13.3. The van der Waals surface area contributed by atoms with Gasteiger partial charge in [-0.1, -0.05) is 0 Å². The van der Waals surface area contributed by atoms with Crippen molar-refractivity contribution in [3.63, 3.8) is 0 Å². The summed E-state index contributed by atoms with van der Waals surface area (Å²) in [5.41, 5.74) is 0. The molecule has 0 radical (unpaired) electrons. The quantitative estimate of drug-likeness (QED) is 0.683. The lowest BCUT2D eigenvalue weighted by Crippen LogP contribution is -2.57. The van der Waals surface area contributed by atoms with E-state index in [0.29, 0.717) is 6.54 Å². The number of hydrogen-bond donors (Lipinski definition) is 2. The molecule has 6 nitrogen and oxygen atoms in total. The van der Waals surface area contributed by atoms with Crippen LogP contribution < -0.4 is 5.32 Å². The van der Waals surface area contributed by atoms with Gasteiger partial charge in [0.05, 0.1) is 12.5 Å². The molecule has 18 heavy (non-hydrogen) atoms. The van der Waals surface area contributed by atoms with E-state index in [1.807, 2.05) is 4.90 Å². The molecule has 0 bridgehead atoms. The number of likely N-dealkylation sites (tertiary alicyclic amines) is 1. The van der Waals surface area contributed by atoms with Gasteiger partial charge in [-0.05, 0) is 25.9 Å². The van der Waals surface area contributed by atoms with Crippen LogP contribution in [0.2, 0.25) is 0 Å². The first-order valence-corrected chi connectivity index (χ1v) is 6.63. The Bertz CT molecular complexity index is 316. The third-order valence-corrected chi connectivity index (χ3v) is 3.71. The number of nitrogens with zero attached hydrogens (tertiary/aromatic N) is 2. The highest BCUT2D eigenvalue weighted by atomic mass is 16.4. The molecule has 2 heterocycles. The average Bonchev–Trinajstić information content (AvgIpc) is 2.82. The van der Waals surface area contributed by atoms with Crippen LogP contribution in [-0.4, -0.2) is 72.1 Å². The Hall–Kier alpha value is -1.14. The van der Waals surface area contributed by atoms with Crippen LogP contribution in [0.25, 0.3) is 0 Å². The minimum Gasteiger partial charge on any atom is -0.481 e. The summed E-state index contributed by atoms with van der Waals surface area (Å²) in [4.78, 5) is 26.9. The summed E-state index contributed by atoms with van der Waals surface area (Å²) in [7, 11) is 0. The van der Waals surface area contributed by atoms with Gasteiger partial charge >= 0.3 is 5.97 Å². The highest BCUT2D eigenvalue weighted by Crippen LogP contribution is 2.11.